The first-order valence-corrected chi connectivity index (χ1v) is 8.50. The van der Waals surface area contributed by atoms with Gasteiger partial charge < -0.3 is 14.5 Å². The van der Waals surface area contributed by atoms with E-state index in [1.165, 1.54) is 6.20 Å². The second-order valence-corrected chi connectivity index (χ2v) is 6.30. The summed E-state index contributed by atoms with van der Waals surface area (Å²) >= 11 is 3.24. The fourth-order valence-corrected chi connectivity index (χ4v) is 2.80. The van der Waals surface area contributed by atoms with E-state index < -0.39 is 5.97 Å². The molecule has 1 aliphatic rings. The molecule has 1 saturated heterocycles. The van der Waals surface area contributed by atoms with Gasteiger partial charge in [-0.1, -0.05) is 0 Å². The zero-order chi connectivity index (χ0) is 17.6. The number of nitrogens with zero attached hydrogens (tertiary/aromatic N) is 5. The Kier molecular flexibility index (Phi) is 5.54. The average molecular weight is 406 g/mol. The average Bonchev–Trinajstić information content (AvgIpc) is 2.66. The van der Waals surface area contributed by atoms with Gasteiger partial charge in [-0.2, -0.15) is 0 Å². The Morgan fingerprint density at radius 2 is 1.84 bits per heavy atom. The monoisotopic (exact) mass is 405 g/mol. The van der Waals surface area contributed by atoms with Gasteiger partial charge in [0, 0.05) is 55.4 Å². The van der Waals surface area contributed by atoms with Crippen LogP contribution < -0.4 is 4.90 Å². The van der Waals surface area contributed by atoms with Gasteiger partial charge >= 0.3 is 5.97 Å². The lowest BCUT2D eigenvalue weighted by Gasteiger charge is -2.34. The van der Waals surface area contributed by atoms with Crippen LogP contribution >= 0.6 is 15.9 Å². The molecule has 0 radical (unpaired) electrons. The number of hydrogen-bond donors (Lipinski definition) is 0. The summed E-state index contributed by atoms with van der Waals surface area (Å²) < 4.78 is 5.75. The minimum atomic E-state index is -0.571. The molecule has 8 nitrogen and oxygen atoms in total. The second-order valence-electron chi connectivity index (χ2n) is 5.38. The highest BCUT2D eigenvalue weighted by Gasteiger charge is 2.23. The van der Waals surface area contributed by atoms with Crippen LogP contribution in [-0.2, 0) is 9.53 Å². The van der Waals surface area contributed by atoms with Crippen LogP contribution in [0.1, 0.15) is 10.4 Å². The third kappa shape index (κ3) is 4.50. The highest BCUT2D eigenvalue weighted by atomic mass is 79.9. The molecule has 1 fully saturated rings. The van der Waals surface area contributed by atoms with Crippen molar-refractivity contribution in [1.29, 1.82) is 0 Å². The Morgan fingerprint density at radius 3 is 2.52 bits per heavy atom. The minimum absolute atomic E-state index is 0.218. The molecular formula is C16H16BrN5O3. The van der Waals surface area contributed by atoms with Crippen LogP contribution in [0.3, 0.4) is 0 Å². The number of rotatable bonds is 4. The van der Waals surface area contributed by atoms with Crippen LogP contribution in [-0.4, -0.2) is 64.5 Å². The van der Waals surface area contributed by atoms with Crippen molar-refractivity contribution in [2.75, 3.05) is 37.7 Å². The van der Waals surface area contributed by atoms with E-state index in [-0.39, 0.29) is 12.5 Å². The van der Waals surface area contributed by atoms with E-state index >= 15 is 0 Å². The molecule has 25 heavy (non-hydrogen) atoms. The number of piperazine rings is 1. The lowest BCUT2D eigenvalue weighted by atomic mass is 10.3. The van der Waals surface area contributed by atoms with Crippen LogP contribution in [0.4, 0.5) is 5.95 Å². The van der Waals surface area contributed by atoms with Crippen LogP contribution in [0.2, 0.25) is 0 Å². The molecule has 1 amide bonds. The summed E-state index contributed by atoms with van der Waals surface area (Å²) in [5.41, 5.74) is 0.299. The maximum absolute atomic E-state index is 12.2. The number of carbonyl (C=O) groups excluding carboxylic acids is 2. The summed E-state index contributed by atoms with van der Waals surface area (Å²) in [6, 6.07) is 3.36. The van der Waals surface area contributed by atoms with Crippen LogP contribution in [0.5, 0.6) is 0 Å². The first-order chi connectivity index (χ1) is 12.1. The van der Waals surface area contributed by atoms with Gasteiger partial charge in [0.05, 0.1) is 5.56 Å². The lowest BCUT2D eigenvalue weighted by Crippen LogP contribution is -2.50. The highest BCUT2D eigenvalue weighted by molar-refractivity contribution is 9.10. The molecule has 0 saturated carbocycles. The normalized spacial score (nSPS) is 14.3. The summed E-state index contributed by atoms with van der Waals surface area (Å²) in [5, 5.41) is 0. The summed E-state index contributed by atoms with van der Waals surface area (Å²) in [7, 11) is 0. The van der Waals surface area contributed by atoms with Gasteiger partial charge in [-0.25, -0.2) is 14.8 Å². The number of hydrogen-bond acceptors (Lipinski definition) is 7. The van der Waals surface area contributed by atoms with Gasteiger partial charge in [0.2, 0.25) is 5.95 Å². The quantitative estimate of drug-likeness (QED) is 0.704. The van der Waals surface area contributed by atoms with E-state index in [0.29, 0.717) is 42.2 Å². The van der Waals surface area contributed by atoms with Crippen molar-refractivity contribution in [3.8, 4) is 0 Å². The van der Waals surface area contributed by atoms with Crippen molar-refractivity contribution in [3.63, 3.8) is 0 Å². The summed E-state index contributed by atoms with van der Waals surface area (Å²) in [6.45, 7) is 2.06. The molecule has 0 bridgehead atoms. The molecule has 3 heterocycles. The van der Waals surface area contributed by atoms with Gasteiger partial charge in [0.1, 0.15) is 0 Å². The molecule has 9 heteroatoms. The predicted molar refractivity (Wildman–Crippen MR) is 93.0 cm³/mol. The third-order valence-corrected chi connectivity index (χ3v) is 4.17. The Bertz CT molecular complexity index is 750. The number of halogens is 1. The van der Waals surface area contributed by atoms with E-state index in [1.807, 2.05) is 4.90 Å². The van der Waals surface area contributed by atoms with Crippen LogP contribution in [0.25, 0.3) is 0 Å². The largest absolute Gasteiger partial charge is 0.452 e. The van der Waals surface area contributed by atoms with Gasteiger partial charge in [0.15, 0.2) is 6.61 Å². The Hall–Kier alpha value is -2.55. The lowest BCUT2D eigenvalue weighted by molar-refractivity contribution is -0.134. The van der Waals surface area contributed by atoms with Crippen LogP contribution in [0.15, 0.2) is 41.4 Å². The van der Waals surface area contributed by atoms with Crippen molar-refractivity contribution in [2.24, 2.45) is 0 Å². The fourth-order valence-electron chi connectivity index (χ4n) is 2.44. The van der Waals surface area contributed by atoms with E-state index in [1.54, 1.807) is 35.6 Å². The number of anilines is 1. The highest BCUT2D eigenvalue weighted by Crippen LogP contribution is 2.12. The molecule has 0 atom stereocenters. The third-order valence-electron chi connectivity index (χ3n) is 3.73. The Morgan fingerprint density at radius 1 is 1.12 bits per heavy atom. The number of pyridine rings is 1. The molecule has 2 aromatic heterocycles. The first-order valence-electron chi connectivity index (χ1n) is 7.71. The molecule has 0 unspecified atom stereocenters. The minimum Gasteiger partial charge on any atom is -0.452 e. The van der Waals surface area contributed by atoms with E-state index in [2.05, 4.69) is 30.9 Å². The SMILES string of the molecule is O=C(OCC(=O)N1CCN(c2ncccn2)CC1)c1cncc(Br)c1. The zero-order valence-corrected chi connectivity index (χ0v) is 14.9. The van der Waals surface area contributed by atoms with Crippen molar-refractivity contribution in [3.05, 3.63) is 47.0 Å². The van der Waals surface area contributed by atoms with Gasteiger partial charge in [-0.3, -0.25) is 9.78 Å². The topological polar surface area (TPSA) is 88.5 Å². The van der Waals surface area contributed by atoms with Gasteiger partial charge in [-0.05, 0) is 28.1 Å². The molecule has 0 N–H and O–H groups in total. The smallest absolute Gasteiger partial charge is 0.340 e. The standard InChI is InChI=1S/C16H16BrN5O3/c17-13-8-12(9-18-10-13)15(24)25-11-14(23)21-4-6-22(7-5-21)16-19-2-1-3-20-16/h1-3,8-10H,4-7,11H2. The summed E-state index contributed by atoms with van der Waals surface area (Å²) in [6.07, 6.45) is 6.35. The molecule has 130 valence electrons. The van der Waals surface area contributed by atoms with E-state index in [0.717, 1.165) is 0 Å². The maximum Gasteiger partial charge on any atom is 0.340 e. The summed E-state index contributed by atoms with van der Waals surface area (Å²) in [5.74, 6) is -0.133. The first kappa shape index (κ1) is 17.3. The molecule has 0 aliphatic carbocycles. The number of aromatic nitrogens is 3. The molecule has 0 aromatic carbocycles. The second kappa shape index (κ2) is 8.02. The summed E-state index contributed by atoms with van der Waals surface area (Å²) in [4.78, 5) is 40.2. The van der Waals surface area contributed by atoms with E-state index in [9.17, 15) is 9.59 Å². The number of ether oxygens (including phenoxy) is 1. The molecular weight excluding hydrogens is 390 g/mol. The van der Waals surface area contributed by atoms with Crippen molar-refractivity contribution < 1.29 is 14.3 Å². The van der Waals surface area contributed by atoms with Gasteiger partial charge in [-0.15, -0.1) is 0 Å². The van der Waals surface area contributed by atoms with Crippen LogP contribution in [0, 0.1) is 0 Å². The van der Waals surface area contributed by atoms with Crippen molar-refractivity contribution in [1.82, 2.24) is 19.9 Å². The molecule has 1 aliphatic heterocycles. The predicted octanol–water partition coefficient (Wildman–Crippen LogP) is 1.14. The molecule has 2 aromatic rings. The fraction of sp³-hybridized carbons (Fsp3) is 0.312. The molecule has 3 rings (SSSR count). The van der Waals surface area contributed by atoms with Crippen molar-refractivity contribution >= 4 is 33.8 Å². The number of carbonyl (C=O) groups is 2. The molecule has 0 spiro atoms. The Balaban J connectivity index is 1.47. The number of amides is 1. The Labute approximate surface area is 153 Å². The maximum atomic E-state index is 12.2. The number of esters is 1. The zero-order valence-electron chi connectivity index (χ0n) is 13.3. The van der Waals surface area contributed by atoms with E-state index in [4.69, 9.17) is 4.74 Å². The van der Waals surface area contributed by atoms with Gasteiger partial charge in [0.25, 0.3) is 5.91 Å². The van der Waals surface area contributed by atoms with Crippen molar-refractivity contribution in [2.45, 2.75) is 0 Å².